The largest absolute Gasteiger partial charge is 0.297 e. The predicted octanol–water partition coefficient (Wildman–Crippen LogP) is 1.53. The summed E-state index contributed by atoms with van der Waals surface area (Å²) < 4.78 is 21.2. The van der Waals surface area contributed by atoms with Crippen molar-refractivity contribution < 1.29 is 4.21 Å². The van der Waals surface area contributed by atoms with Crippen LogP contribution in [0.2, 0.25) is 0 Å². The van der Waals surface area contributed by atoms with E-state index in [9.17, 15) is 4.21 Å². The molecule has 1 aliphatic heterocycles. The molecule has 1 aliphatic rings. The number of hydrogen-bond acceptors (Lipinski definition) is 4. The molecule has 0 spiro atoms. The molecule has 2 rings (SSSR count). The molecule has 17 heavy (non-hydrogen) atoms. The van der Waals surface area contributed by atoms with Gasteiger partial charge >= 0.3 is 0 Å². The van der Waals surface area contributed by atoms with Crippen LogP contribution < -0.4 is 0 Å². The highest BCUT2D eigenvalue weighted by atomic mass is 32.2. The fourth-order valence-electron chi connectivity index (χ4n) is 2.20. The Morgan fingerprint density at radius 2 is 2.29 bits per heavy atom. The van der Waals surface area contributed by atoms with Gasteiger partial charge in [0.25, 0.3) is 0 Å². The van der Waals surface area contributed by atoms with Crippen molar-refractivity contribution in [3.63, 3.8) is 0 Å². The van der Waals surface area contributed by atoms with E-state index < -0.39 is 9.73 Å². The molecular formula is C11H20N4OS. The van der Waals surface area contributed by atoms with Crippen molar-refractivity contribution in [3.8, 4) is 0 Å². The van der Waals surface area contributed by atoms with Gasteiger partial charge in [-0.3, -0.25) is 9.58 Å². The maximum atomic E-state index is 11.7. The summed E-state index contributed by atoms with van der Waals surface area (Å²) in [6.07, 6.45) is 3.64. The topological polar surface area (TPSA) is 62.0 Å². The molecule has 2 heterocycles. The summed E-state index contributed by atoms with van der Waals surface area (Å²) >= 11 is 0. The first-order valence-corrected chi connectivity index (χ1v) is 8.00. The Morgan fingerprint density at radius 1 is 1.53 bits per heavy atom. The van der Waals surface area contributed by atoms with Crippen LogP contribution in [0.5, 0.6) is 0 Å². The fourth-order valence-corrected chi connectivity index (χ4v) is 2.81. The fraction of sp³-hybridized carbons (Fsp3) is 0.727. The number of nitrogens with zero attached hydrogens (tertiary/aromatic N) is 3. The van der Waals surface area contributed by atoms with E-state index in [1.54, 1.807) is 0 Å². The van der Waals surface area contributed by atoms with Gasteiger partial charge in [-0.25, -0.2) is 8.99 Å². The molecule has 1 unspecified atom stereocenters. The van der Waals surface area contributed by atoms with Crippen molar-refractivity contribution >= 4 is 9.73 Å². The maximum Gasteiger partial charge on any atom is 0.157 e. The van der Waals surface area contributed by atoms with Gasteiger partial charge in [0.1, 0.15) is 0 Å². The molecule has 0 amide bonds. The highest BCUT2D eigenvalue weighted by molar-refractivity contribution is 7.91. The van der Waals surface area contributed by atoms with Crippen LogP contribution in [0.15, 0.2) is 11.1 Å². The second kappa shape index (κ2) is 4.78. The molecule has 96 valence electrons. The van der Waals surface area contributed by atoms with Gasteiger partial charge in [0, 0.05) is 25.9 Å². The van der Waals surface area contributed by atoms with Crippen LogP contribution in [0, 0.1) is 4.78 Å². The maximum absolute atomic E-state index is 11.7. The molecule has 0 aliphatic carbocycles. The highest BCUT2D eigenvalue weighted by Crippen LogP contribution is 2.16. The second-order valence-corrected chi connectivity index (χ2v) is 6.78. The Morgan fingerprint density at radius 3 is 2.94 bits per heavy atom. The Kier molecular flexibility index (Phi) is 3.53. The summed E-state index contributed by atoms with van der Waals surface area (Å²) in [6.45, 7) is 6.08. The van der Waals surface area contributed by atoms with Crippen LogP contribution in [0.3, 0.4) is 0 Å². The first-order valence-electron chi connectivity index (χ1n) is 6.03. The van der Waals surface area contributed by atoms with Crippen LogP contribution in [0.4, 0.5) is 0 Å². The third kappa shape index (κ3) is 2.87. The number of aromatic nitrogens is 2. The normalized spacial score (nSPS) is 20.6. The van der Waals surface area contributed by atoms with E-state index in [-0.39, 0.29) is 0 Å². The lowest BCUT2D eigenvalue weighted by atomic mass is 10.3. The van der Waals surface area contributed by atoms with E-state index in [1.165, 1.54) is 6.26 Å². The minimum atomic E-state index is -2.69. The molecule has 0 bridgehead atoms. The molecule has 1 aromatic rings. The van der Waals surface area contributed by atoms with Gasteiger partial charge in [-0.05, 0) is 25.5 Å². The Bertz CT molecular complexity index is 492. The lowest BCUT2D eigenvalue weighted by molar-refractivity contribution is 0.270. The Labute approximate surface area is 103 Å². The van der Waals surface area contributed by atoms with Gasteiger partial charge in [0.05, 0.1) is 15.4 Å². The molecule has 6 heteroatoms. The number of hydrogen-bond donors (Lipinski definition) is 1. The molecule has 1 aromatic heterocycles. The third-order valence-corrected chi connectivity index (χ3v) is 4.01. The molecule has 0 fully saturated rings. The summed E-state index contributed by atoms with van der Waals surface area (Å²) in [5.41, 5.74) is 1.09. The standard InChI is InChI=1S/C11H20N4OS/c1-3-5-14-6-4-7-15-10(9-14)8-11(13-15)17(2,12)16/h8,12H,3-7,9H2,1-2H3. The molecule has 0 saturated carbocycles. The lowest BCUT2D eigenvalue weighted by Gasteiger charge is -2.17. The van der Waals surface area contributed by atoms with E-state index in [0.29, 0.717) is 5.03 Å². The SMILES string of the molecule is CCCN1CCCn2nc(S(C)(=N)=O)cc2C1. The monoisotopic (exact) mass is 256 g/mol. The van der Waals surface area contributed by atoms with Gasteiger partial charge in [0.2, 0.25) is 0 Å². The average Bonchev–Trinajstić information content (AvgIpc) is 2.53. The minimum Gasteiger partial charge on any atom is -0.297 e. The van der Waals surface area contributed by atoms with Gasteiger partial charge in [-0.2, -0.15) is 5.10 Å². The first kappa shape index (κ1) is 12.6. The van der Waals surface area contributed by atoms with E-state index in [1.807, 2.05) is 10.7 Å². The number of rotatable bonds is 3. The molecule has 0 radical (unpaired) electrons. The molecule has 5 nitrogen and oxygen atoms in total. The van der Waals surface area contributed by atoms with Crippen molar-refractivity contribution in [3.05, 3.63) is 11.8 Å². The zero-order chi connectivity index (χ0) is 12.5. The zero-order valence-corrected chi connectivity index (χ0v) is 11.3. The summed E-state index contributed by atoms with van der Waals surface area (Å²) in [6, 6.07) is 1.84. The van der Waals surface area contributed by atoms with E-state index in [4.69, 9.17) is 4.78 Å². The average molecular weight is 256 g/mol. The van der Waals surface area contributed by atoms with Crippen molar-refractivity contribution in [2.24, 2.45) is 0 Å². The number of fused-ring (bicyclic) bond motifs is 1. The van der Waals surface area contributed by atoms with Crippen LogP contribution in [0.25, 0.3) is 0 Å². The van der Waals surface area contributed by atoms with Gasteiger partial charge < -0.3 is 0 Å². The van der Waals surface area contributed by atoms with Crippen LogP contribution in [-0.4, -0.2) is 38.2 Å². The smallest absolute Gasteiger partial charge is 0.157 e. The Balaban J connectivity index is 2.26. The minimum absolute atomic E-state index is 0.422. The summed E-state index contributed by atoms with van der Waals surface area (Å²) in [7, 11) is -2.69. The quantitative estimate of drug-likeness (QED) is 0.892. The van der Waals surface area contributed by atoms with Gasteiger partial charge in [0.15, 0.2) is 5.03 Å². The van der Waals surface area contributed by atoms with Crippen molar-refractivity contribution in [2.75, 3.05) is 19.3 Å². The second-order valence-electron chi connectivity index (χ2n) is 4.67. The van der Waals surface area contributed by atoms with Gasteiger partial charge in [-0.15, -0.1) is 0 Å². The molecular weight excluding hydrogens is 236 g/mol. The van der Waals surface area contributed by atoms with E-state index >= 15 is 0 Å². The predicted molar refractivity (Wildman–Crippen MR) is 67.5 cm³/mol. The zero-order valence-electron chi connectivity index (χ0n) is 10.5. The molecule has 1 N–H and O–H groups in total. The summed E-state index contributed by atoms with van der Waals surface area (Å²) in [5, 5.41) is 4.73. The van der Waals surface area contributed by atoms with Crippen molar-refractivity contribution in [2.45, 2.75) is 37.9 Å². The van der Waals surface area contributed by atoms with Crippen molar-refractivity contribution in [1.82, 2.24) is 14.7 Å². The Hall–Kier alpha value is -0.880. The molecule has 1 atom stereocenters. The van der Waals surface area contributed by atoms with Crippen LogP contribution in [-0.2, 0) is 22.8 Å². The highest BCUT2D eigenvalue weighted by Gasteiger charge is 2.18. The van der Waals surface area contributed by atoms with Crippen LogP contribution >= 0.6 is 0 Å². The summed E-state index contributed by atoms with van der Waals surface area (Å²) in [4.78, 5) is 2.39. The molecule has 0 saturated heterocycles. The molecule has 0 aromatic carbocycles. The van der Waals surface area contributed by atoms with E-state index in [0.717, 1.165) is 44.7 Å². The first-order chi connectivity index (χ1) is 8.00. The number of aryl methyl sites for hydroxylation is 1. The van der Waals surface area contributed by atoms with Gasteiger partial charge in [-0.1, -0.05) is 6.92 Å². The van der Waals surface area contributed by atoms with E-state index in [2.05, 4.69) is 16.9 Å². The summed E-state index contributed by atoms with van der Waals surface area (Å²) in [5.74, 6) is 0. The number of nitrogens with one attached hydrogen (secondary N) is 1. The third-order valence-electron chi connectivity index (χ3n) is 3.01. The van der Waals surface area contributed by atoms with Crippen LogP contribution in [0.1, 0.15) is 25.5 Å². The van der Waals surface area contributed by atoms with Crippen molar-refractivity contribution in [1.29, 1.82) is 4.78 Å². The lowest BCUT2D eigenvalue weighted by Crippen LogP contribution is -2.23.